The molecular formula is C12H16N2O5S. The molecule has 1 aromatic carbocycles. The van der Waals surface area contributed by atoms with Gasteiger partial charge in [0.05, 0.1) is 17.0 Å². The maximum absolute atomic E-state index is 11.9. The number of likely N-dealkylation sites (N-methyl/N-ethyl adjacent to an activating group) is 1. The van der Waals surface area contributed by atoms with Crippen molar-refractivity contribution in [3.63, 3.8) is 0 Å². The molecule has 2 N–H and O–H groups in total. The minimum Gasteiger partial charge on any atom is -0.478 e. The lowest BCUT2D eigenvalue weighted by molar-refractivity contribution is -0.128. The van der Waals surface area contributed by atoms with E-state index in [0.29, 0.717) is 6.54 Å². The van der Waals surface area contributed by atoms with Crippen LogP contribution in [0.1, 0.15) is 17.3 Å². The number of amides is 1. The number of rotatable bonds is 6. The minimum absolute atomic E-state index is 0.00857. The highest BCUT2D eigenvalue weighted by molar-refractivity contribution is 7.89. The van der Waals surface area contributed by atoms with Gasteiger partial charge in [0.25, 0.3) is 0 Å². The average molecular weight is 300 g/mol. The van der Waals surface area contributed by atoms with Gasteiger partial charge in [-0.3, -0.25) is 4.79 Å². The number of benzene rings is 1. The number of carboxylic acid groups (broad SMARTS) is 1. The number of sulfonamides is 1. The summed E-state index contributed by atoms with van der Waals surface area (Å²) < 4.78 is 26.0. The highest BCUT2D eigenvalue weighted by Crippen LogP contribution is 2.10. The lowest BCUT2D eigenvalue weighted by Crippen LogP contribution is -2.37. The minimum atomic E-state index is -3.83. The molecule has 0 saturated heterocycles. The van der Waals surface area contributed by atoms with Gasteiger partial charge in [-0.1, -0.05) is 0 Å². The van der Waals surface area contributed by atoms with E-state index < -0.39 is 16.0 Å². The van der Waals surface area contributed by atoms with Crippen LogP contribution in [0.15, 0.2) is 29.2 Å². The Morgan fingerprint density at radius 3 is 2.25 bits per heavy atom. The fourth-order valence-electron chi connectivity index (χ4n) is 1.33. The van der Waals surface area contributed by atoms with Gasteiger partial charge in [0.2, 0.25) is 15.9 Å². The summed E-state index contributed by atoms with van der Waals surface area (Å²) in [5.41, 5.74) is -0.00857. The van der Waals surface area contributed by atoms with E-state index in [1.54, 1.807) is 14.0 Å². The molecule has 0 saturated carbocycles. The van der Waals surface area contributed by atoms with Crippen LogP contribution >= 0.6 is 0 Å². The van der Waals surface area contributed by atoms with Gasteiger partial charge in [0, 0.05) is 13.6 Å². The zero-order chi connectivity index (χ0) is 15.3. The smallest absolute Gasteiger partial charge is 0.335 e. The Hall–Kier alpha value is -1.93. The lowest BCUT2D eigenvalue weighted by atomic mass is 10.2. The maximum Gasteiger partial charge on any atom is 0.335 e. The number of nitrogens with one attached hydrogen (secondary N) is 1. The molecule has 8 heteroatoms. The predicted molar refractivity (Wildman–Crippen MR) is 71.9 cm³/mol. The van der Waals surface area contributed by atoms with Crippen molar-refractivity contribution >= 4 is 21.9 Å². The molecule has 110 valence electrons. The fourth-order valence-corrected chi connectivity index (χ4v) is 2.30. The topological polar surface area (TPSA) is 104 Å². The Balaban J connectivity index is 2.79. The van der Waals surface area contributed by atoms with Crippen molar-refractivity contribution in [1.29, 1.82) is 0 Å². The molecule has 0 aliphatic rings. The molecule has 20 heavy (non-hydrogen) atoms. The molecule has 0 aromatic heterocycles. The third kappa shape index (κ3) is 4.04. The van der Waals surface area contributed by atoms with Crippen LogP contribution < -0.4 is 4.72 Å². The van der Waals surface area contributed by atoms with Gasteiger partial charge in [-0.2, -0.15) is 0 Å². The van der Waals surface area contributed by atoms with E-state index in [9.17, 15) is 18.0 Å². The second kappa shape index (κ2) is 6.49. The molecule has 0 spiro atoms. The van der Waals surface area contributed by atoms with Crippen LogP contribution in [0.2, 0.25) is 0 Å². The van der Waals surface area contributed by atoms with Crippen molar-refractivity contribution in [2.75, 3.05) is 20.1 Å². The van der Waals surface area contributed by atoms with Crippen molar-refractivity contribution in [3.05, 3.63) is 29.8 Å². The van der Waals surface area contributed by atoms with E-state index in [4.69, 9.17) is 5.11 Å². The van der Waals surface area contributed by atoms with Crippen LogP contribution in [0.4, 0.5) is 0 Å². The zero-order valence-corrected chi connectivity index (χ0v) is 12.0. The van der Waals surface area contributed by atoms with Crippen LogP contribution in [0.3, 0.4) is 0 Å². The summed E-state index contributed by atoms with van der Waals surface area (Å²) in [7, 11) is -2.26. The molecule has 1 amide bonds. The van der Waals surface area contributed by atoms with Gasteiger partial charge in [0.1, 0.15) is 0 Å². The highest BCUT2D eigenvalue weighted by atomic mass is 32.2. The van der Waals surface area contributed by atoms with E-state index in [1.807, 2.05) is 0 Å². The van der Waals surface area contributed by atoms with Crippen LogP contribution in [0.5, 0.6) is 0 Å². The first kappa shape index (κ1) is 16.1. The summed E-state index contributed by atoms with van der Waals surface area (Å²) in [6.45, 7) is 1.91. The molecule has 7 nitrogen and oxygen atoms in total. The lowest BCUT2D eigenvalue weighted by Gasteiger charge is -2.14. The van der Waals surface area contributed by atoms with E-state index in [2.05, 4.69) is 4.72 Å². The van der Waals surface area contributed by atoms with Gasteiger partial charge in [-0.05, 0) is 31.2 Å². The Bertz CT molecular complexity index is 595. The van der Waals surface area contributed by atoms with Crippen LogP contribution in [-0.4, -0.2) is 50.4 Å². The van der Waals surface area contributed by atoms with Gasteiger partial charge in [-0.25, -0.2) is 17.9 Å². The molecule has 0 aliphatic carbocycles. The third-order valence-corrected chi connectivity index (χ3v) is 4.14. The number of carbonyl (C=O) groups is 2. The largest absolute Gasteiger partial charge is 0.478 e. The average Bonchev–Trinajstić information content (AvgIpc) is 2.44. The Kier molecular flexibility index (Phi) is 5.23. The molecule has 0 unspecified atom stereocenters. The second-order valence-corrected chi connectivity index (χ2v) is 5.83. The first-order valence-corrected chi connectivity index (χ1v) is 7.33. The molecule has 0 fully saturated rings. The van der Waals surface area contributed by atoms with Crippen molar-refractivity contribution in [3.8, 4) is 0 Å². The van der Waals surface area contributed by atoms with Crippen molar-refractivity contribution < 1.29 is 23.1 Å². The Morgan fingerprint density at radius 2 is 1.80 bits per heavy atom. The van der Waals surface area contributed by atoms with E-state index in [-0.39, 0.29) is 22.9 Å². The van der Waals surface area contributed by atoms with Gasteiger partial charge in [0.15, 0.2) is 0 Å². The van der Waals surface area contributed by atoms with Gasteiger partial charge < -0.3 is 10.0 Å². The van der Waals surface area contributed by atoms with Gasteiger partial charge >= 0.3 is 5.97 Å². The third-order valence-electron chi connectivity index (χ3n) is 2.73. The summed E-state index contributed by atoms with van der Waals surface area (Å²) in [4.78, 5) is 23.5. The number of hydrogen-bond donors (Lipinski definition) is 2. The highest BCUT2D eigenvalue weighted by Gasteiger charge is 2.17. The normalized spacial score (nSPS) is 11.1. The molecule has 1 rings (SSSR count). The number of hydrogen-bond acceptors (Lipinski definition) is 4. The van der Waals surface area contributed by atoms with Crippen molar-refractivity contribution in [2.24, 2.45) is 0 Å². The second-order valence-electron chi connectivity index (χ2n) is 4.06. The number of carboxylic acids is 1. The Morgan fingerprint density at radius 1 is 1.25 bits per heavy atom. The number of aromatic carboxylic acids is 1. The summed E-state index contributed by atoms with van der Waals surface area (Å²) in [5, 5.41) is 8.73. The number of nitrogens with zero attached hydrogens (tertiary/aromatic N) is 1. The summed E-state index contributed by atoms with van der Waals surface area (Å²) in [6, 6.07) is 4.74. The van der Waals surface area contributed by atoms with Crippen LogP contribution in [-0.2, 0) is 14.8 Å². The molecule has 0 aliphatic heterocycles. The van der Waals surface area contributed by atoms with Crippen molar-refractivity contribution in [2.45, 2.75) is 11.8 Å². The summed E-state index contributed by atoms with van der Waals surface area (Å²) in [5.74, 6) is -1.49. The molecule has 0 heterocycles. The summed E-state index contributed by atoms with van der Waals surface area (Å²) in [6.07, 6.45) is 0. The molecular weight excluding hydrogens is 284 g/mol. The van der Waals surface area contributed by atoms with Crippen LogP contribution in [0, 0.1) is 0 Å². The maximum atomic E-state index is 11.9. The van der Waals surface area contributed by atoms with Crippen molar-refractivity contribution in [1.82, 2.24) is 9.62 Å². The quantitative estimate of drug-likeness (QED) is 0.778. The summed E-state index contributed by atoms with van der Waals surface area (Å²) >= 11 is 0. The number of carbonyl (C=O) groups excluding carboxylic acids is 1. The Labute approximate surface area is 117 Å². The monoisotopic (exact) mass is 300 g/mol. The standard InChI is InChI=1S/C12H16N2O5S/c1-3-14(2)11(15)8-13-20(18,19)10-6-4-9(5-7-10)12(16)17/h4-7,13H,3,8H2,1-2H3,(H,16,17). The fraction of sp³-hybridized carbons (Fsp3) is 0.333. The SMILES string of the molecule is CCN(C)C(=O)CNS(=O)(=O)c1ccc(C(=O)O)cc1. The van der Waals surface area contributed by atoms with E-state index in [1.165, 1.54) is 29.2 Å². The molecule has 1 aromatic rings. The van der Waals surface area contributed by atoms with Crippen LogP contribution in [0.25, 0.3) is 0 Å². The predicted octanol–water partition coefficient (Wildman–Crippen LogP) is 0.141. The molecule has 0 bridgehead atoms. The van der Waals surface area contributed by atoms with E-state index >= 15 is 0 Å². The molecule has 0 atom stereocenters. The zero-order valence-electron chi connectivity index (χ0n) is 11.2. The van der Waals surface area contributed by atoms with E-state index in [0.717, 1.165) is 0 Å². The first-order valence-electron chi connectivity index (χ1n) is 5.85. The van der Waals surface area contributed by atoms with Gasteiger partial charge in [-0.15, -0.1) is 0 Å². The first-order chi connectivity index (χ1) is 9.27. The molecule has 0 radical (unpaired) electrons.